The van der Waals surface area contributed by atoms with E-state index in [1.165, 1.54) is 26.4 Å². The van der Waals surface area contributed by atoms with Crippen LogP contribution in [-0.4, -0.2) is 25.4 Å². The lowest BCUT2D eigenvalue weighted by Gasteiger charge is -2.08. The zero-order valence-corrected chi connectivity index (χ0v) is 12.7. The monoisotopic (exact) mass is 320 g/mol. The van der Waals surface area contributed by atoms with Crippen molar-refractivity contribution in [2.45, 2.75) is 0 Å². The molecule has 0 aliphatic rings. The minimum Gasteiger partial charge on any atom is -0.495 e. The number of halogens is 1. The SMILES string of the molecule is COc1cc(N=Cc2ccc([N+](=O)[O-])cc2)c(OC)cc1Cl. The molecule has 6 nitrogen and oxygen atoms in total. The first-order valence-electron chi connectivity index (χ1n) is 6.25. The largest absolute Gasteiger partial charge is 0.495 e. The lowest BCUT2D eigenvalue weighted by Crippen LogP contribution is -1.90. The summed E-state index contributed by atoms with van der Waals surface area (Å²) in [5.41, 5.74) is 1.30. The first kappa shape index (κ1) is 15.8. The fourth-order valence-electron chi connectivity index (χ4n) is 1.77. The van der Waals surface area contributed by atoms with E-state index in [0.29, 0.717) is 22.2 Å². The van der Waals surface area contributed by atoms with Crippen molar-refractivity contribution in [3.8, 4) is 11.5 Å². The van der Waals surface area contributed by atoms with E-state index >= 15 is 0 Å². The number of hydrogen-bond acceptors (Lipinski definition) is 5. The number of nitro groups is 1. The molecule has 0 atom stereocenters. The smallest absolute Gasteiger partial charge is 0.269 e. The van der Waals surface area contributed by atoms with Gasteiger partial charge in [0.05, 0.1) is 24.2 Å². The van der Waals surface area contributed by atoms with Crippen LogP contribution in [0.3, 0.4) is 0 Å². The molecule has 2 aromatic rings. The highest BCUT2D eigenvalue weighted by Gasteiger charge is 2.09. The van der Waals surface area contributed by atoms with Crippen molar-refractivity contribution < 1.29 is 14.4 Å². The standard InChI is InChI=1S/C15H13ClN2O4/c1-21-14-8-13(15(22-2)7-12(14)16)17-9-10-3-5-11(6-4-10)18(19)20/h3-9H,1-2H3. The summed E-state index contributed by atoms with van der Waals surface area (Å²) in [5, 5.41) is 11.0. The second kappa shape index (κ2) is 6.91. The van der Waals surface area contributed by atoms with Crippen molar-refractivity contribution in [2.75, 3.05) is 14.2 Å². The van der Waals surface area contributed by atoms with Crippen LogP contribution in [0, 0.1) is 10.1 Å². The number of benzene rings is 2. The molecule has 2 rings (SSSR count). The number of hydrogen-bond donors (Lipinski definition) is 0. The summed E-state index contributed by atoms with van der Waals surface area (Å²) in [5.74, 6) is 0.988. The molecule has 0 spiro atoms. The van der Waals surface area contributed by atoms with Gasteiger partial charge in [-0.15, -0.1) is 0 Å². The van der Waals surface area contributed by atoms with Crippen molar-refractivity contribution >= 4 is 29.2 Å². The Morgan fingerprint density at radius 3 is 2.32 bits per heavy atom. The summed E-state index contributed by atoms with van der Waals surface area (Å²) < 4.78 is 10.4. The van der Waals surface area contributed by atoms with Crippen LogP contribution in [0.15, 0.2) is 41.4 Å². The number of nitro benzene ring substituents is 1. The Morgan fingerprint density at radius 2 is 1.77 bits per heavy atom. The quantitative estimate of drug-likeness (QED) is 0.474. The van der Waals surface area contributed by atoms with Gasteiger partial charge in [-0.05, 0) is 17.7 Å². The third-order valence-electron chi connectivity index (χ3n) is 2.91. The van der Waals surface area contributed by atoms with Gasteiger partial charge in [0.25, 0.3) is 5.69 Å². The molecule has 2 aromatic carbocycles. The average molecular weight is 321 g/mol. The zero-order chi connectivity index (χ0) is 16.1. The molecular weight excluding hydrogens is 308 g/mol. The second-order valence-electron chi connectivity index (χ2n) is 4.27. The van der Waals surface area contributed by atoms with Gasteiger partial charge in [0.15, 0.2) is 0 Å². The van der Waals surface area contributed by atoms with Gasteiger partial charge >= 0.3 is 0 Å². The van der Waals surface area contributed by atoms with E-state index in [0.717, 1.165) is 5.56 Å². The predicted molar refractivity (Wildman–Crippen MR) is 84.9 cm³/mol. The molecule has 0 radical (unpaired) electrons. The number of non-ortho nitro benzene ring substituents is 1. The summed E-state index contributed by atoms with van der Waals surface area (Å²) in [4.78, 5) is 14.5. The van der Waals surface area contributed by atoms with Crippen molar-refractivity contribution in [3.05, 3.63) is 57.1 Å². The van der Waals surface area contributed by atoms with Crippen LogP contribution in [0.4, 0.5) is 11.4 Å². The summed E-state index contributed by atoms with van der Waals surface area (Å²) in [6.07, 6.45) is 1.58. The molecule has 0 bridgehead atoms. The van der Waals surface area contributed by atoms with E-state index in [4.69, 9.17) is 21.1 Å². The summed E-state index contributed by atoms with van der Waals surface area (Å²) in [7, 11) is 3.03. The third kappa shape index (κ3) is 3.53. The summed E-state index contributed by atoms with van der Waals surface area (Å²) >= 11 is 6.02. The van der Waals surface area contributed by atoms with Gasteiger partial charge in [-0.3, -0.25) is 15.1 Å². The van der Waals surface area contributed by atoms with Crippen molar-refractivity contribution in [1.29, 1.82) is 0 Å². The highest BCUT2D eigenvalue weighted by Crippen LogP contribution is 2.37. The first-order chi connectivity index (χ1) is 10.5. The number of rotatable bonds is 5. The van der Waals surface area contributed by atoms with Crippen LogP contribution in [-0.2, 0) is 0 Å². The van der Waals surface area contributed by atoms with E-state index in [9.17, 15) is 10.1 Å². The van der Waals surface area contributed by atoms with E-state index in [1.807, 2.05) is 0 Å². The molecule has 0 saturated carbocycles. The van der Waals surface area contributed by atoms with Gasteiger partial charge in [0, 0.05) is 30.5 Å². The van der Waals surface area contributed by atoms with Crippen molar-refractivity contribution in [3.63, 3.8) is 0 Å². The number of ether oxygens (including phenoxy) is 2. The van der Waals surface area contributed by atoms with Crippen LogP contribution in [0.2, 0.25) is 5.02 Å². The van der Waals surface area contributed by atoms with Gasteiger partial charge in [-0.25, -0.2) is 0 Å². The van der Waals surface area contributed by atoms with Gasteiger partial charge in [0.2, 0.25) is 0 Å². The Hall–Kier alpha value is -2.60. The summed E-state index contributed by atoms with van der Waals surface area (Å²) in [6.45, 7) is 0. The van der Waals surface area contributed by atoms with Gasteiger partial charge in [0.1, 0.15) is 17.2 Å². The Morgan fingerprint density at radius 1 is 1.14 bits per heavy atom. The molecular formula is C15H13ClN2O4. The van der Waals surface area contributed by atoms with Gasteiger partial charge in [-0.2, -0.15) is 0 Å². The molecule has 0 aliphatic heterocycles. The number of methoxy groups -OCH3 is 2. The second-order valence-corrected chi connectivity index (χ2v) is 4.67. The molecule has 0 N–H and O–H groups in total. The molecule has 7 heteroatoms. The number of aliphatic imine (C=N–C) groups is 1. The van der Waals surface area contributed by atoms with Crippen molar-refractivity contribution in [2.24, 2.45) is 4.99 Å². The Balaban J connectivity index is 2.30. The van der Waals surface area contributed by atoms with E-state index in [1.54, 1.807) is 30.5 Å². The molecule has 0 heterocycles. The van der Waals surface area contributed by atoms with E-state index in [-0.39, 0.29) is 5.69 Å². The Kier molecular flexibility index (Phi) is 4.95. The fraction of sp³-hybridized carbons (Fsp3) is 0.133. The molecule has 0 fully saturated rings. The third-order valence-corrected chi connectivity index (χ3v) is 3.21. The van der Waals surface area contributed by atoms with Crippen LogP contribution in [0.5, 0.6) is 11.5 Å². The topological polar surface area (TPSA) is 74.0 Å². The Labute approximate surface area is 132 Å². The average Bonchev–Trinajstić information content (AvgIpc) is 2.53. The minimum absolute atomic E-state index is 0.0305. The predicted octanol–water partition coefficient (Wildman–Crippen LogP) is 4.02. The minimum atomic E-state index is -0.450. The molecule has 22 heavy (non-hydrogen) atoms. The molecule has 0 aliphatic carbocycles. The molecule has 0 aromatic heterocycles. The van der Waals surface area contributed by atoms with Crippen LogP contribution >= 0.6 is 11.6 Å². The maximum Gasteiger partial charge on any atom is 0.269 e. The molecule has 0 unspecified atom stereocenters. The van der Waals surface area contributed by atoms with E-state index < -0.39 is 4.92 Å². The summed E-state index contributed by atoms with van der Waals surface area (Å²) in [6, 6.07) is 9.33. The van der Waals surface area contributed by atoms with E-state index in [2.05, 4.69) is 4.99 Å². The highest BCUT2D eigenvalue weighted by molar-refractivity contribution is 6.32. The van der Waals surface area contributed by atoms with Crippen LogP contribution < -0.4 is 9.47 Å². The van der Waals surface area contributed by atoms with Crippen molar-refractivity contribution in [1.82, 2.24) is 0 Å². The lowest BCUT2D eigenvalue weighted by molar-refractivity contribution is -0.384. The fourth-order valence-corrected chi connectivity index (χ4v) is 2.00. The maximum atomic E-state index is 10.6. The maximum absolute atomic E-state index is 10.6. The number of nitrogens with zero attached hydrogens (tertiary/aromatic N) is 2. The van der Waals surface area contributed by atoms with Crippen LogP contribution in [0.1, 0.15) is 5.56 Å². The molecule has 0 amide bonds. The zero-order valence-electron chi connectivity index (χ0n) is 11.9. The highest BCUT2D eigenvalue weighted by atomic mass is 35.5. The van der Waals surface area contributed by atoms with Gasteiger partial charge in [-0.1, -0.05) is 11.6 Å². The normalized spacial score (nSPS) is 10.7. The first-order valence-corrected chi connectivity index (χ1v) is 6.63. The Bertz CT molecular complexity index is 714. The lowest BCUT2D eigenvalue weighted by atomic mass is 10.2. The molecule has 114 valence electrons. The van der Waals surface area contributed by atoms with Crippen LogP contribution in [0.25, 0.3) is 0 Å². The molecule has 0 saturated heterocycles. The van der Waals surface area contributed by atoms with Gasteiger partial charge < -0.3 is 9.47 Å².